The molecule has 8 N–H and O–H groups in total. The number of carboxylic acid groups (broad SMARTS) is 1. The average Bonchev–Trinajstić information content (AvgIpc) is 3.78. The third-order valence-electron chi connectivity index (χ3n) is 10.2. The number of phenolic OH excluding ortho intramolecular Hbond substituents is 1. The Labute approximate surface area is 335 Å². The van der Waals surface area contributed by atoms with Crippen molar-refractivity contribution in [1.29, 1.82) is 0 Å². The first-order chi connectivity index (χ1) is 28.3. The molecule has 310 valence electrons. The highest BCUT2D eigenvalue weighted by Crippen LogP contribution is 2.34. The van der Waals surface area contributed by atoms with Crippen molar-refractivity contribution in [2.24, 2.45) is 5.92 Å². The van der Waals surface area contributed by atoms with Crippen molar-refractivity contribution in [3.63, 3.8) is 0 Å². The van der Waals surface area contributed by atoms with Crippen molar-refractivity contribution in [2.75, 3.05) is 13.7 Å². The number of aryl methyl sites for hydroxylation is 2. The molecule has 7 rings (SSSR count). The summed E-state index contributed by atoms with van der Waals surface area (Å²) >= 11 is 0. The van der Waals surface area contributed by atoms with Crippen molar-refractivity contribution in [2.45, 2.75) is 63.3 Å². The summed E-state index contributed by atoms with van der Waals surface area (Å²) in [7, 11) is 1.39. The first kappa shape index (κ1) is 41.0. The van der Waals surface area contributed by atoms with Gasteiger partial charge in [-0.2, -0.15) is 4.73 Å². The SMILES string of the molecule is CN[C@H](CCO)[C@@H](C(=O)O)C(=O)O[C@H](O)[C@@H]1O[C@H](Oc2ccc3c(=O)c(-c4ccc(O)cc4)coc3c2)[C@@H](On2cc3cc[nH]c3c2-c2cc(C)cc(C)c2)[C@H](O)[C@H]1O. The number of carboxylic acids is 1. The molecule has 0 spiro atoms. The lowest BCUT2D eigenvalue weighted by Gasteiger charge is -2.43. The number of esters is 1. The number of aliphatic carboxylic acids is 1. The van der Waals surface area contributed by atoms with Gasteiger partial charge in [0.2, 0.25) is 18.7 Å². The molecule has 17 nitrogen and oxygen atoms in total. The van der Waals surface area contributed by atoms with Gasteiger partial charge < -0.3 is 64.4 Å². The predicted molar refractivity (Wildman–Crippen MR) is 210 cm³/mol. The number of carbonyl (C=O) groups excluding carboxylic acids is 1. The lowest BCUT2D eigenvalue weighted by atomic mass is 9.96. The molecule has 6 aromatic rings. The number of hydrogen-bond donors (Lipinski definition) is 8. The Kier molecular flexibility index (Phi) is 11.8. The number of ether oxygens (including phenoxy) is 3. The highest BCUT2D eigenvalue weighted by molar-refractivity contribution is 5.95. The number of aliphatic hydroxyl groups is 4. The monoisotopic (exact) mass is 813 g/mol. The summed E-state index contributed by atoms with van der Waals surface area (Å²) in [6.45, 7) is 3.43. The van der Waals surface area contributed by atoms with Gasteiger partial charge in [-0.1, -0.05) is 29.3 Å². The summed E-state index contributed by atoms with van der Waals surface area (Å²) < 4.78 is 24.6. The van der Waals surface area contributed by atoms with Crippen LogP contribution in [0.4, 0.5) is 0 Å². The fourth-order valence-electron chi connectivity index (χ4n) is 7.37. The zero-order chi connectivity index (χ0) is 42.1. The van der Waals surface area contributed by atoms with E-state index in [1.807, 2.05) is 38.1 Å². The Balaban J connectivity index is 1.24. The van der Waals surface area contributed by atoms with Crippen molar-refractivity contribution in [1.82, 2.24) is 15.0 Å². The summed E-state index contributed by atoms with van der Waals surface area (Å²) in [6.07, 6.45) is -6.86. The van der Waals surface area contributed by atoms with Crippen molar-refractivity contribution in [3.8, 4) is 33.9 Å². The number of aliphatic hydroxyl groups excluding tert-OH is 4. The van der Waals surface area contributed by atoms with Crippen molar-refractivity contribution < 1.29 is 63.7 Å². The summed E-state index contributed by atoms with van der Waals surface area (Å²) in [6, 6.07) is 16.9. The van der Waals surface area contributed by atoms with Gasteiger partial charge in [-0.05, 0) is 75.3 Å². The van der Waals surface area contributed by atoms with E-state index in [-0.39, 0.29) is 39.9 Å². The number of aromatic nitrogens is 2. The molecule has 1 aliphatic heterocycles. The molecular formula is C42H43N3O14. The van der Waals surface area contributed by atoms with E-state index in [4.69, 9.17) is 23.5 Å². The molecule has 0 radical (unpaired) electrons. The molecule has 1 aliphatic rings. The Hall–Kier alpha value is -6.21. The van der Waals surface area contributed by atoms with Crippen LogP contribution in [0, 0.1) is 19.8 Å². The molecule has 4 heterocycles. The van der Waals surface area contributed by atoms with E-state index >= 15 is 0 Å². The lowest BCUT2D eigenvalue weighted by Crippen LogP contribution is -2.65. The van der Waals surface area contributed by atoms with Crippen molar-refractivity contribution in [3.05, 3.63) is 107 Å². The van der Waals surface area contributed by atoms with Crippen LogP contribution in [0.2, 0.25) is 0 Å². The molecule has 17 heteroatoms. The number of nitrogens with zero attached hydrogens (tertiary/aromatic N) is 1. The van der Waals surface area contributed by atoms with Crippen molar-refractivity contribution >= 4 is 33.8 Å². The van der Waals surface area contributed by atoms with Gasteiger partial charge in [0, 0.05) is 35.9 Å². The molecule has 3 aromatic carbocycles. The van der Waals surface area contributed by atoms with Crippen LogP contribution in [0.5, 0.6) is 11.5 Å². The minimum atomic E-state index is -2.34. The van der Waals surface area contributed by atoms with Gasteiger partial charge in [0.1, 0.15) is 41.2 Å². The Bertz CT molecular complexity index is 2510. The van der Waals surface area contributed by atoms with Crippen LogP contribution in [-0.2, 0) is 19.1 Å². The Morgan fingerprint density at radius 1 is 0.983 bits per heavy atom. The second-order valence-electron chi connectivity index (χ2n) is 14.4. The van der Waals surface area contributed by atoms with Crippen LogP contribution in [0.3, 0.4) is 0 Å². The number of benzene rings is 3. The third kappa shape index (κ3) is 8.24. The van der Waals surface area contributed by atoms with E-state index in [0.29, 0.717) is 16.8 Å². The van der Waals surface area contributed by atoms with E-state index < -0.39 is 67.5 Å². The second-order valence-corrected chi connectivity index (χ2v) is 14.4. The van der Waals surface area contributed by atoms with E-state index in [9.17, 15) is 45.0 Å². The molecule has 0 amide bonds. The van der Waals surface area contributed by atoms with Gasteiger partial charge >= 0.3 is 11.9 Å². The van der Waals surface area contributed by atoms with E-state index in [2.05, 4.69) is 10.3 Å². The van der Waals surface area contributed by atoms with Gasteiger partial charge in [-0.25, -0.2) is 0 Å². The minimum Gasteiger partial charge on any atom is -0.508 e. The molecule has 1 saturated heterocycles. The number of rotatable bonds is 14. The van der Waals surface area contributed by atoms with Crippen LogP contribution in [0.15, 0.2) is 94.6 Å². The van der Waals surface area contributed by atoms with Crippen LogP contribution in [0.25, 0.3) is 44.3 Å². The number of aromatic hydroxyl groups is 1. The summed E-state index contributed by atoms with van der Waals surface area (Å²) in [5, 5.41) is 66.8. The molecule has 8 atom stereocenters. The van der Waals surface area contributed by atoms with Gasteiger partial charge in [-0.3, -0.25) is 14.4 Å². The number of aromatic amines is 1. The normalized spacial score (nSPS) is 20.9. The molecule has 0 saturated carbocycles. The standard InChI is InChI=1S/C42H43N3O14/c1-20-14-21(2)16-24(15-20)33-32-23(10-12-44-32)18-45(33)59-38-36(50)35(49)37(41(54)58-40(53)31(39(51)52)29(43-3)11-13-46)57-42(38)56-26-8-9-27-30(17-26)55-19-28(34(27)48)22-4-6-25(47)7-5-22/h4-10,12,14-19,29,31,35-38,41-44,46-47,49-50,54H,11,13H2,1-3H3,(H,51,52)/t29-,31+,35-,36-,37-,38+,41+,42+/m1/s1. The predicted octanol–water partition coefficient (Wildman–Crippen LogP) is 2.59. The minimum absolute atomic E-state index is 0.0271. The Morgan fingerprint density at radius 2 is 1.71 bits per heavy atom. The summed E-state index contributed by atoms with van der Waals surface area (Å²) in [5.41, 5.74) is 4.44. The van der Waals surface area contributed by atoms with E-state index in [1.54, 1.807) is 24.5 Å². The van der Waals surface area contributed by atoms with Gasteiger partial charge in [0.05, 0.1) is 22.7 Å². The zero-order valence-corrected chi connectivity index (χ0v) is 32.0. The highest BCUT2D eigenvalue weighted by atomic mass is 16.8. The van der Waals surface area contributed by atoms with Crippen LogP contribution < -0.4 is 20.3 Å². The van der Waals surface area contributed by atoms with Crippen LogP contribution in [-0.4, -0.2) is 109 Å². The van der Waals surface area contributed by atoms with E-state index in [1.165, 1.54) is 48.4 Å². The maximum absolute atomic E-state index is 13.5. The van der Waals surface area contributed by atoms with Crippen LogP contribution >= 0.6 is 0 Å². The number of carbonyl (C=O) groups is 2. The summed E-state index contributed by atoms with van der Waals surface area (Å²) in [4.78, 5) is 48.3. The average molecular weight is 814 g/mol. The number of hydrogen-bond acceptors (Lipinski definition) is 14. The molecule has 3 aromatic heterocycles. The number of fused-ring (bicyclic) bond motifs is 2. The number of phenols is 1. The fourth-order valence-corrected chi connectivity index (χ4v) is 7.37. The maximum Gasteiger partial charge on any atom is 0.324 e. The summed E-state index contributed by atoms with van der Waals surface area (Å²) in [5.74, 6) is -4.82. The number of nitrogens with one attached hydrogen (secondary N) is 2. The molecular weight excluding hydrogens is 770 g/mol. The fraction of sp³-hybridized carbons (Fsp3) is 0.310. The topological polar surface area (TPSA) is 255 Å². The van der Waals surface area contributed by atoms with Crippen LogP contribution in [0.1, 0.15) is 17.5 Å². The zero-order valence-electron chi connectivity index (χ0n) is 32.0. The highest BCUT2D eigenvalue weighted by Gasteiger charge is 2.52. The Morgan fingerprint density at radius 3 is 2.39 bits per heavy atom. The van der Waals surface area contributed by atoms with Gasteiger partial charge in [0.15, 0.2) is 17.5 Å². The van der Waals surface area contributed by atoms with E-state index in [0.717, 1.165) is 22.1 Å². The molecule has 0 aliphatic carbocycles. The molecule has 1 fully saturated rings. The lowest BCUT2D eigenvalue weighted by molar-refractivity contribution is -0.318. The smallest absolute Gasteiger partial charge is 0.324 e. The first-order valence-electron chi connectivity index (χ1n) is 18.6. The molecule has 0 bridgehead atoms. The molecule has 59 heavy (non-hydrogen) atoms. The largest absolute Gasteiger partial charge is 0.508 e. The second kappa shape index (κ2) is 16.9. The maximum atomic E-state index is 13.5. The van der Waals surface area contributed by atoms with Gasteiger partial charge in [-0.15, -0.1) is 0 Å². The quantitative estimate of drug-likeness (QED) is 0.0447. The first-order valence-corrected chi connectivity index (χ1v) is 18.6. The molecule has 0 unspecified atom stereocenters. The van der Waals surface area contributed by atoms with Gasteiger partial charge in [0.25, 0.3) is 0 Å². The number of H-pyrrole nitrogens is 1. The third-order valence-corrected chi connectivity index (χ3v) is 10.2.